The van der Waals surface area contributed by atoms with Gasteiger partial charge in [-0.15, -0.1) is 11.8 Å². The Morgan fingerprint density at radius 1 is 1.67 bits per heavy atom. The van der Waals surface area contributed by atoms with E-state index in [-0.39, 0.29) is 10.9 Å². The molecule has 0 saturated carbocycles. The highest BCUT2D eigenvalue weighted by molar-refractivity contribution is 8.15. The van der Waals surface area contributed by atoms with Gasteiger partial charge in [-0.1, -0.05) is 0 Å². The third-order valence-corrected chi connectivity index (χ3v) is 2.10. The zero-order valence-corrected chi connectivity index (χ0v) is 7.86. The van der Waals surface area contributed by atoms with E-state index in [1.807, 2.05) is 0 Å². The van der Waals surface area contributed by atoms with Crippen LogP contribution in [0.5, 0.6) is 0 Å². The Balaban J connectivity index is 3.45. The molecule has 0 aliphatic carbocycles. The van der Waals surface area contributed by atoms with Crippen molar-refractivity contribution in [1.29, 1.82) is 5.41 Å². The number of amidine groups is 1. The Labute approximate surface area is 76.0 Å². The fourth-order valence-electron chi connectivity index (χ4n) is 0.510. The molecule has 6 heteroatoms. The van der Waals surface area contributed by atoms with Crippen molar-refractivity contribution in [1.82, 2.24) is 0 Å². The van der Waals surface area contributed by atoms with Crippen LogP contribution < -0.4 is 11.6 Å². The summed E-state index contributed by atoms with van der Waals surface area (Å²) < 4.78 is 4.84. The number of thioether (sulfide) groups is 1. The van der Waals surface area contributed by atoms with Crippen LogP contribution in [0, 0.1) is 5.41 Å². The van der Waals surface area contributed by atoms with Crippen LogP contribution in [0.1, 0.15) is 6.42 Å². The SMILES string of the molecule is COCCCSC(=N)C(N)=NN. The highest BCUT2D eigenvalue weighted by atomic mass is 32.2. The molecule has 12 heavy (non-hydrogen) atoms. The summed E-state index contributed by atoms with van der Waals surface area (Å²) >= 11 is 1.32. The van der Waals surface area contributed by atoms with Gasteiger partial charge in [0, 0.05) is 19.5 Å². The van der Waals surface area contributed by atoms with Crippen molar-refractivity contribution in [3.63, 3.8) is 0 Å². The molecule has 0 aromatic heterocycles. The summed E-state index contributed by atoms with van der Waals surface area (Å²) in [6, 6.07) is 0. The lowest BCUT2D eigenvalue weighted by Crippen LogP contribution is -2.22. The van der Waals surface area contributed by atoms with Gasteiger partial charge in [-0.2, -0.15) is 5.10 Å². The van der Waals surface area contributed by atoms with Crippen molar-refractivity contribution in [3.05, 3.63) is 0 Å². The Morgan fingerprint density at radius 2 is 2.33 bits per heavy atom. The number of nitrogens with zero attached hydrogens (tertiary/aromatic N) is 1. The van der Waals surface area contributed by atoms with Crippen molar-refractivity contribution in [2.24, 2.45) is 16.7 Å². The van der Waals surface area contributed by atoms with Crippen molar-refractivity contribution >= 4 is 22.6 Å². The van der Waals surface area contributed by atoms with Gasteiger partial charge in [0.1, 0.15) is 5.04 Å². The molecule has 0 bridgehead atoms. The van der Waals surface area contributed by atoms with Crippen molar-refractivity contribution in [2.75, 3.05) is 19.5 Å². The number of rotatable bonds is 4. The van der Waals surface area contributed by atoms with Crippen LogP contribution in [0.3, 0.4) is 0 Å². The Bertz CT molecular complexity index is 171. The molecule has 0 spiro atoms. The lowest BCUT2D eigenvalue weighted by molar-refractivity contribution is 0.200. The van der Waals surface area contributed by atoms with Crippen molar-refractivity contribution in [3.8, 4) is 0 Å². The molecule has 0 radical (unpaired) electrons. The summed E-state index contributed by atoms with van der Waals surface area (Å²) in [6.45, 7) is 0.694. The molecule has 0 aromatic rings. The molecule has 5 N–H and O–H groups in total. The largest absolute Gasteiger partial charge is 0.385 e. The lowest BCUT2D eigenvalue weighted by atomic mass is 10.5. The second-order valence-electron chi connectivity index (χ2n) is 2.04. The van der Waals surface area contributed by atoms with Crippen LogP contribution in [0.4, 0.5) is 0 Å². The van der Waals surface area contributed by atoms with E-state index in [9.17, 15) is 0 Å². The highest BCUT2D eigenvalue weighted by Crippen LogP contribution is 2.04. The second kappa shape index (κ2) is 6.93. The van der Waals surface area contributed by atoms with Crippen molar-refractivity contribution in [2.45, 2.75) is 6.42 Å². The van der Waals surface area contributed by atoms with E-state index < -0.39 is 0 Å². The van der Waals surface area contributed by atoms with Gasteiger partial charge in [-0.05, 0) is 6.42 Å². The van der Waals surface area contributed by atoms with Gasteiger partial charge in [0.05, 0.1) is 0 Å². The van der Waals surface area contributed by atoms with E-state index in [0.29, 0.717) is 6.61 Å². The molecular formula is C6H14N4OS. The average Bonchev–Trinajstić information content (AvgIpc) is 2.10. The van der Waals surface area contributed by atoms with Gasteiger partial charge >= 0.3 is 0 Å². The Hall–Kier alpha value is -0.750. The molecule has 0 aromatic carbocycles. The molecule has 0 fully saturated rings. The molecule has 5 nitrogen and oxygen atoms in total. The summed E-state index contributed by atoms with van der Waals surface area (Å²) in [7, 11) is 1.64. The first-order valence-corrected chi connectivity index (χ1v) is 4.45. The first-order valence-electron chi connectivity index (χ1n) is 3.46. The molecule has 70 valence electrons. The number of nitrogens with two attached hydrogens (primary N) is 2. The van der Waals surface area contributed by atoms with Gasteiger partial charge in [0.15, 0.2) is 5.84 Å². The first kappa shape index (κ1) is 11.2. The maximum absolute atomic E-state index is 7.32. The summed E-state index contributed by atoms with van der Waals surface area (Å²) in [6.07, 6.45) is 0.890. The number of hydrogen-bond donors (Lipinski definition) is 3. The van der Waals surface area contributed by atoms with E-state index in [2.05, 4.69) is 5.10 Å². The third-order valence-electron chi connectivity index (χ3n) is 1.11. The minimum atomic E-state index is 0.0809. The number of ether oxygens (including phenoxy) is 1. The first-order chi connectivity index (χ1) is 5.72. The molecule has 0 amide bonds. The zero-order valence-electron chi connectivity index (χ0n) is 7.04. The van der Waals surface area contributed by atoms with Crippen molar-refractivity contribution < 1.29 is 4.74 Å². The van der Waals surface area contributed by atoms with Gasteiger partial charge in [-0.25, -0.2) is 0 Å². The summed E-state index contributed by atoms with van der Waals surface area (Å²) in [5.74, 6) is 5.76. The third kappa shape index (κ3) is 4.97. The van der Waals surface area contributed by atoms with E-state index in [1.54, 1.807) is 7.11 Å². The quantitative estimate of drug-likeness (QED) is 0.190. The number of nitrogens with one attached hydrogen (secondary N) is 1. The fraction of sp³-hybridized carbons (Fsp3) is 0.667. The monoisotopic (exact) mass is 190 g/mol. The van der Waals surface area contributed by atoms with Crippen LogP contribution in [0.2, 0.25) is 0 Å². The average molecular weight is 190 g/mol. The Kier molecular flexibility index (Phi) is 6.50. The minimum Gasteiger partial charge on any atom is -0.385 e. The number of hydrogen-bond acceptors (Lipinski definition) is 5. The maximum Gasteiger partial charge on any atom is 0.174 e. The zero-order chi connectivity index (χ0) is 9.40. The molecule has 0 aliphatic heterocycles. The maximum atomic E-state index is 7.32. The van der Waals surface area contributed by atoms with E-state index in [4.69, 9.17) is 21.7 Å². The summed E-state index contributed by atoms with van der Waals surface area (Å²) in [5.41, 5.74) is 5.28. The lowest BCUT2D eigenvalue weighted by Gasteiger charge is -2.00. The molecular weight excluding hydrogens is 176 g/mol. The van der Waals surface area contributed by atoms with Crippen LogP contribution >= 0.6 is 11.8 Å². The normalized spacial score (nSPS) is 11.6. The number of hydrazone groups is 1. The molecule has 0 heterocycles. The van der Waals surface area contributed by atoms with Crippen LogP contribution in [0.15, 0.2) is 5.10 Å². The fourth-order valence-corrected chi connectivity index (χ4v) is 1.18. The second-order valence-corrected chi connectivity index (χ2v) is 3.14. The molecule has 0 atom stereocenters. The summed E-state index contributed by atoms with van der Waals surface area (Å²) in [4.78, 5) is 0. The van der Waals surface area contributed by atoms with Crippen LogP contribution in [0.25, 0.3) is 0 Å². The van der Waals surface area contributed by atoms with E-state index in [0.717, 1.165) is 12.2 Å². The van der Waals surface area contributed by atoms with E-state index in [1.165, 1.54) is 11.8 Å². The molecule has 0 unspecified atom stereocenters. The van der Waals surface area contributed by atoms with Gasteiger partial charge in [0.25, 0.3) is 0 Å². The van der Waals surface area contributed by atoms with Crippen LogP contribution in [-0.4, -0.2) is 30.3 Å². The standard InChI is InChI=1S/C6H14N4OS/c1-11-3-2-4-12-6(8)5(7)10-9/h8H,2-4,9H2,1H3,(H2,7,10). The predicted octanol–water partition coefficient (Wildman–Crippen LogP) is -0.0357. The Morgan fingerprint density at radius 3 is 2.83 bits per heavy atom. The molecule has 0 rings (SSSR count). The predicted molar refractivity (Wildman–Crippen MR) is 52.5 cm³/mol. The van der Waals surface area contributed by atoms with Gasteiger partial charge in [0.2, 0.25) is 0 Å². The minimum absolute atomic E-state index is 0.0809. The van der Waals surface area contributed by atoms with Gasteiger partial charge in [-0.3, -0.25) is 5.41 Å². The smallest absolute Gasteiger partial charge is 0.174 e. The van der Waals surface area contributed by atoms with E-state index >= 15 is 0 Å². The highest BCUT2D eigenvalue weighted by Gasteiger charge is 2.01. The number of methoxy groups -OCH3 is 1. The molecule has 0 saturated heterocycles. The summed E-state index contributed by atoms with van der Waals surface area (Å²) in [5, 5.41) is 10.7. The van der Waals surface area contributed by atoms with Gasteiger partial charge < -0.3 is 16.3 Å². The van der Waals surface area contributed by atoms with Crippen LogP contribution in [-0.2, 0) is 4.74 Å². The topological polar surface area (TPSA) is 97.5 Å². The molecule has 0 aliphatic rings.